The third-order valence-electron chi connectivity index (χ3n) is 3.72. The summed E-state index contributed by atoms with van der Waals surface area (Å²) in [5.41, 5.74) is 0.835. The van der Waals surface area contributed by atoms with E-state index in [4.69, 9.17) is 4.74 Å². The average molecular weight is 298 g/mol. The van der Waals surface area contributed by atoms with E-state index in [2.05, 4.69) is 10.0 Å². The fourth-order valence-electron chi connectivity index (χ4n) is 2.26. The molecule has 20 heavy (non-hydrogen) atoms. The summed E-state index contributed by atoms with van der Waals surface area (Å²) in [7, 11) is -0.0349. The molecule has 5 nitrogen and oxygen atoms in total. The van der Waals surface area contributed by atoms with Crippen LogP contribution in [-0.4, -0.2) is 29.1 Å². The maximum atomic E-state index is 12.3. The Morgan fingerprint density at radius 1 is 1.35 bits per heavy atom. The van der Waals surface area contributed by atoms with Gasteiger partial charge in [0.1, 0.15) is 5.75 Å². The van der Waals surface area contributed by atoms with Gasteiger partial charge in [0.15, 0.2) is 0 Å². The summed E-state index contributed by atoms with van der Waals surface area (Å²) in [5.74, 6) is 1.19. The lowest BCUT2D eigenvalue weighted by molar-refractivity contribution is 0.316. The molecule has 2 N–H and O–H groups in total. The smallest absolute Gasteiger partial charge is 0.240 e. The van der Waals surface area contributed by atoms with Gasteiger partial charge < -0.3 is 10.1 Å². The van der Waals surface area contributed by atoms with Crippen LogP contribution in [0.2, 0.25) is 0 Å². The van der Waals surface area contributed by atoms with Crippen molar-refractivity contribution < 1.29 is 13.2 Å². The first-order valence-corrected chi connectivity index (χ1v) is 8.36. The summed E-state index contributed by atoms with van der Waals surface area (Å²) in [6.07, 6.45) is 3.45. The van der Waals surface area contributed by atoms with E-state index in [-0.39, 0.29) is 0 Å². The highest BCUT2D eigenvalue weighted by molar-refractivity contribution is 7.89. The third kappa shape index (κ3) is 3.50. The third-order valence-corrected chi connectivity index (χ3v) is 5.14. The van der Waals surface area contributed by atoms with Crippen LogP contribution in [0.5, 0.6) is 5.75 Å². The first-order valence-electron chi connectivity index (χ1n) is 6.88. The highest BCUT2D eigenvalue weighted by Crippen LogP contribution is 2.26. The molecule has 0 aliphatic heterocycles. The lowest BCUT2D eigenvalue weighted by Crippen LogP contribution is -2.32. The Kier molecular flexibility index (Phi) is 5.01. The standard InChI is InChI=1S/C14H22N2O3S/c1-15-10-12-8-13(6-7-14(12)19-2)20(17,18)16-9-11-4-3-5-11/h6-8,11,15-16H,3-5,9-10H2,1-2H3. The fourth-order valence-corrected chi connectivity index (χ4v) is 3.42. The SMILES string of the molecule is CNCc1cc(S(=O)(=O)NCC2CCC2)ccc1OC. The van der Waals surface area contributed by atoms with E-state index < -0.39 is 10.0 Å². The highest BCUT2D eigenvalue weighted by Gasteiger charge is 2.22. The number of hydrogen-bond donors (Lipinski definition) is 2. The Labute approximate surface area is 120 Å². The van der Waals surface area contributed by atoms with Crippen LogP contribution in [0.25, 0.3) is 0 Å². The molecule has 0 unspecified atom stereocenters. The lowest BCUT2D eigenvalue weighted by atomic mass is 9.86. The van der Waals surface area contributed by atoms with Gasteiger partial charge in [0, 0.05) is 18.7 Å². The number of sulfonamides is 1. The van der Waals surface area contributed by atoms with Gasteiger partial charge in [0.25, 0.3) is 0 Å². The molecule has 0 radical (unpaired) electrons. The van der Waals surface area contributed by atoms with E-state index in [0.29, 0.717) is 29.7 Å². The van der Waals surface area contributed by atoms with Crippen LogP contribution in [-0.2, 0) is 16.6 Å². The predicted molar refractivity (Wildman–Crippen MR) is 78.3 cm³/mol. The van der Waals surface area contributed by atoms with Crippen LogP contribution < -0.4 is 14.8 Å². The van der Waals surface area contributed by atoms with Crippen molar-refractivity contribution in [3.05, 3.63) is 23.8 Å². The zero-order valence-corrected chi connectivity index (χ0v) is 12.8. The van der Waals surface area contributed by atoms with Crippen LogP contribution in [0.4, 0.5) is 0 Å². The van der Waals surface area contributed by atoms with Gasteiger partial charge in [-0.25, -0.2) is 13.1 Å². The number of rotatable bonds is 7. The van der Waals surface area contributed by atoms with Gasteiger partial charge in [-0.2, -0.15) is 0 Å². The number of benzene rings is 1. The molecule has 1 aromatic rings. The minimum Gasteiger partial charge on any atom is -0.496 e. The van der Waals surface area contributed by atoms with Crippen LogP contribution in [0.3, 0.4) is 0 Å². The van der Waals surface area contributed by atoms with Gasteiger partial charge in [0.2, 0.25) is 10.0 Å². The Morgan fingerprint density at radius 2 is 2.10 bits per heavy atom. The van der Waals surface area contributed by atoms with Crippen molar-refractivity contribution in [3.8, 4) is 5.75 Å². The van der Waals surface area contributed by atoms with Gasteiger partial charge in [-0.15, -0.1) is 0 Å². The van der Waals surface area contributed by atoms with Crippen LogP contribution in [0.15, 0.2) is 23.1 Å². The molecule has 0 amide bonds. The van der Waals surface area contributed by atoms with Gasteiger partial charge >= 0.3 is 0 Å². The maximum absolute atomic E-state index is 12.3. The molecular weight excluding hydrogens is 276 g/mol. The van der Waals surface area contributed by atoms with E-state index in [1.54, 1.807) is 25.3 Å². The highest BCUT2D eigenvalue weighted by atomic mass is 32.2. The maximum Gasteiger partial charge on any atom is 0.240 e. The summed E-state index contributed by atoms with van der Waals surface area (Å²) in [6.45, 7) is 1.10. The first-order chi connectivity index (χ1) is 9.56. The van der Waals surface area contributed by atoms with Crippen molar-refractivity contribution in [1.29, 1.82) is 0 Å². The molecule has 0 bridgehead atoms. The molecular formula is C14H22N2O3S. The van der Waals surface area contributed by atoms with Gasteiger partial charge in [-0.3, -0.25) is 0 Å². The molecule has 0 atom stereocenters. The molecule has 1 aliphatic rings. The van der Waals surface area contributed by atoms with E-state index in [0.717, 1.165) is 18.4 Å². The topological polar surface area (TPSA) is 67.4 Å². The Bertz CT molecular complexity index is 554. The molecule has 0 aromatic heterocycles. The lowest BCUT2D eigenvalue weighted by Gasteiger charge is -2.25. The zero-order valence-electron chi connectivity index (χ0n) is 12.0. The van der Waals surface area contributed by atoms with Gasteiger partial charge in [-0.05, 0) is 44.0 Å². The van der Waals surface area contributed by atoms with Crippen LogP contribution in [0, 0.1) is 5.92 Å². The van der Waals surface area contributed by atoms with Crippen LogP contribution >= 0.6 is 0 Å². The summed E-state index contributed by atoms with van der Waals surface area (Å²) >= 11 is 0. The van der Waals surface area contributed by atoms with E-state index in [9.17, 15) is 8.42 Å². The van der Waals surface area contributed by atoms with Crippen molar-refractivity contribution in [2.24, 2.45) is 5.92 Å². The molecule has 6 heteroatoms. The van der Waals surface area contributed by atoms with Crippen molar-refractivity contribution >= 4 is 10.0 Å². The summed E-state index contributed by atoms with van der Waals surface area (Å²) in [5, 5.41) is 3.01. The van der Waals surface area contributed by atoms with Gasteiger partial charge in [0.05, 0.1) is 12.0 Å². The molecule has 112 valence electrons. The second-order valence-electron chi connectivity index (χ2n) is 5.15. The molecule has 0 spiro atoms. The first kappa shape index (κ1) is 15.3. The molecule has 2 rings (SSSR count). The molecule has 1 aliphatic carbocycles. The minimum absolute atomic E-state index is 0.294. The van der Waals surface area contributed by atoms with E-state index in [1.807, 2.05) is 7.05 Å². The second kappa shape index (κ2) is 6.56. The van der Waals surface area contributed by atoms with E-state index >= 15 is 0 Å². The fraction of sp³-hybridized carbons (Fsp3) is 0.571. The largest absolute Gasteiger partial charge is 0.496 e. The molecule has 1 aromatic carbocycles. The molecule has 0 saturated heterocycles. The number of hydrogen-bond acceptors (Lipinski definition) is 4. The number of nitrogens with one attached hydrogen (secondary N) is 2. The summed E-state index contributed by atoms with van der Waals surface area (Å²) < 4.78 is 32.5. The van der Waals surface area contributed by atoms with Crippen LogP contribution in [0.1, 0.15) is 24.8 Å². The van der Waals surface area contributed by atoms with Crippen molar-refractivity contribution in [1.82, 2.24) is 10.0 Å². The quantitative estimate of drug-likeness (QED) is 0.800. The van der Waals surface area contributed by atoms with Crippen molar-refractivity contribution in [2.45, 2.75) is 30.7 Å². The Hall–Kier alpha value is -1.11. The summed E-state index contributed by atoms with van der Waals surface area (Å²) in [6, 6.07) is 4.95. The Morgan fingerprint density at radius 3 is 2.65 bits per heavy atom. The average Bonchev–Trinajstić information content (AvgIpc) is 2.37. The normalized spacial score (nSPS) is 15.9. The molecule has 1 fully saturated rings. The second-order valence-corrected chi connectivity index (χ2v) is 6.92. The predicted octanol–water partition coefficient (Wildman–Crippen LogP) is 1.49. The Balaban J connectivity index is 2.15. The zero-order chi connectivity index (χ0) is 14.6. The van der Waals surface area contributed by atoms with E-state index in [1.165, 1.54) is 6.42 Å². The number of methoxy groups -OCH3 is 1. The summed E-state index contributed by atoms with van der Waals surface area (Å²) in [4.78, 5) is 0.294. The number of ether oxygens (including phenoxy) is 1. The van der Waals surface area contributed by atoms with Gasteiger partial charge in [-0.1, -0.05) is 6.42 Å². The van der Waals surface area contributed by atoms with Crippen molar-refractivity contribution in [2.75, 3.05) is 20.7 Å². The minimum atomic E-state index is -3.43. The van der Waals surface area contributed by atoms with Crippen molar-refractivity contribution in [3.63, 3.8) is 0 Å². The molecule has 1 saturated carbocycles. The molecule has 0 heterocycles. The monoisotopic (exact) mass is 298 g/mol.